The number of aromatic nitrogens is 8. The first kappa shape index (κ1) is 18.8. The van der Waals surface area contributed by atoms with Crippen LogP contribution in [0.2, 0.25) is 0 Å². The molecule has 0 aliphatic heterocycles. The van der Waals surface area contributed by atoms with Crippen LogP contribution >= 0.6 is 0 Å². The van der Waals surface area contributed by atoms with E-state index in [-0.39, 0.29) is 17.2 Å². The predicted octanol–water partition coefficient (Wildman–Crippen LogP) is 0.439. The lowest BCUT2D eigenvalue weighted by Crippen LogP contribution is -2.14. The lowest BCUT2D eigenvalue weighted by molar-refractivity contribution is 0.0588. The van der Waals surface area contributed by atoms with Gasteiger partial charge in [-0.25, -0.2) is 24.1 Å². The molecule has 0 radical (unpaired) electrons. The minimum atomic E-state index is -0.666. The van der Waals surface area contributed by atoms with Gasteiger partial charge in [-0.15, -0.1) is 0 Å². The first-order chi connectivity index (χ1) is 13.4. The van der Waals surface area contributed by atoms with E-state index in [1.807, 2.05) is 19.9 Å². The summed E-state index contributed by atoms with van der Waals surface area (Å²) >= 11 is 0. The summed E-state index contributed by atoms with van der Waals surface area (Å²) in [4.78, 5) is 38.7. The molecule has 28 heavy (non-hydrogen) atoms. The van der Waals surface area contributed by atoms with E-state index in [2.05, 4.69) is 39.6 Å². The molecule has 4 heterocycles. The zero-order chi connectivity index (χ0) is 20.3. The smallest absolute Gasteiger partial charge is 0.356 e. The van der Waals surface area contributed by atoms with Crippen molar-refractivity contribution in [3.8, 4) is 0 Å². The van der Waals surface area contributed by atoms with E-state index in [0.29, 0.717) is 5.78 Å². The van der Waals surface area contributed by atoms with Gasteiger partial charge < -0.3 is 9.47 Å². The van der Waals surface area contributed by atoms with Crippen LogP contribution in [0.1, 0.15) is 32.4 Å². The summed E-state index contributed by atoms with van der Waals surface area (Å²) < 4.78 is 12.0. The van der Waals surface area contributed by atoms with Crippen LogP contribution in [0.3, 0.4) is 0 Å². The van der Waals surface area contributed by atoms with Crippen molar-refractivity contribution in [3.05, 3.63) is 47.6 Å². The van der Waals surface area contributed by atoms with Crippen molar-refractivity contribution in [2.24, 2.45) is 0 Å². The number of carbonyl (C=O) groups excluding carboxylic acids is 2. The normalized spacial score (nSPS) is 10.4. The molecule has 4 aromatic rings. The second-order valence-electron chi connectivity index (χ2n) is 5.49. The molecule has 4 rings (SSSR count). The van der Waals surface area contributed by atoms with Gasteiger partial charge in [0.1, 0.15) is 12.7 Å². The van der Waals surface area contributed by atoms with E-state index in [9.17, 15) is 9.59 Å². The lowest BCUT2D eigenvalue weighted by Gasteiger charge is -2.03. The summed E-state index contributed by atoms with van der Waals surface area (Å²) in [5.74, 6) is -0.524. The van der Waals surface area contributed by atoms with E-state index in [1.165, 1.54) is 37.5 Å². The molecular weight excluding hydrogens is 368 g/mol. The highest BCUT2D eigenvalue weighted by atomic mass is 16.5. The van der Waals surface area contributed by atoms with E-state index in [1.54, 1.807) is 4.52 Å². The first-order valence-electron chi connectivity index (χ1n) is 7.96. The molecule has 0 fully saturated rings. The van der Waals surface area contributed by atoms with Gasteiger partial charge in [0.2, 0.25) is 0 Å². The van der Waals surface area contributed by atoms with Gasteiger partial charge in [0.15, 0.2) is 11.4 Å². The van der Waals surface area contributed by atoms with E-state index in [0.717, 1.165) is 11.4 Å². The molecule has 0 saturated heterocycles. The van der Waals surface area contributed by atoms with Gasteiger partial charge in [-0.05, 0) is 19.9 Å². The third-order valence-electron chi connectivity index (χ3n) is 3.60. The molecule has 0 unspecified atom stereocenters. The monoisotopic (exact) mass is 384 g/mol. The zero-order valence-corrected chi connectivity index (χ0v) is 15.5. The van der Waals surface area contributed by atoms with Gasteiger partial charge in [0, 0.05) is 17.5 Å². The molecule has 0 amide bonds. The van der Waals surface area contributed by atoms with Crippen molar-refractivity contribution in [2.75, 3.05) is 14.2 Å². The topological polar surface area (TPSA) is 139 Å². The van der Waals surface area contributed by atoms with Crippen LogP contribution in [0.4, 0.5) is 0 Å². The number of nitrogens with zero attached hydrogens (tertiary/aromatic N) is 8. The van der Waals surface area contributed by atoms with Crippen LogP contribution in [0, 0.1) is 13.8 Å². The van der Waals surface area contributed by atoms with Crippen LogP contribution in [-0.2, 0) is 9.47 Å². The van der Waals surface area contributed by atoms with Gasteiger partial charge in [0.05, 0.1) is 14.2 Å². The third kappa shape index (κ3) is 3.60. The number of aryl methyl sites for hydroxylation is 2. The van der Waals surface area contributed by atoms with Crippen molar-refractivity contribution >= 4 is 23.5 Å². The van der Waals surface area contributed by atoms with Crippen molar-refractivity contribution in [3.63, 3.8) is 0 Å². The molecule has 0 N–H and O–H groups in total. The number of hydrogen-bond acceptors (Lipinski definition) is 10. The van der Waals surface area contributed by atoms with Crippen molar-refractivity contribution in [2.45, 2.75) is 13.8 Å². The quantitative estimate of drug-likeness (QED) is 0.447. The number of fused-ring (bicyclic) bond motifs is 2. The SMILES string of the molecule is COC(=O)c1cc(C(=O)OC)n2ncnc2n1.Cc1cc(C)n2ncnc2n1. The van der Waals surface area contributed by atoms with E-state index >= 15 is 0 Å². The van der Waals surface area contributed by atoms with Gasteiger partial charge in [-0.2, -0.15) is 24.7 Å². The molecule has 12 heteroatoms. The summed E-state index contributed by atoms with van der Waals surface area (Å²) in [5.41, 5.74) is 2.05. The second-order valence-corrected chi connectivity index (χ2v) is 5.49. The summed E-state index contributed by atoms with van der Waals surface area (Å²) in [6.07, 6.45) is 2.73. The average molecular weight is 384 g/mol. The summed E-state index contributed by atoms with van der Waals surface area (Å²) in [5, 5.41) is 7.81. The maximum Gasteiger partial charge on any atom is 0.356 e. The van der Waals surface area contributed by atoms with Crippen LogP contribution in [0.5, 0.6) is 0 Å². The number of carbonyl (C=O) groups is 2. The van der Waals surface area contributed by atoms with Crippen LogP contribution in [0.25, 0.3) is 11.6 Å². The zero-order valence-electron chi connectivity index (χ0n) is 15.5. The fraction of sp³-hybridized carbons (Fsp3) is 0.250. The highest BCUT2D eigenvalue weighted by molar-refractivity contribution is 5.93. The number of esters is 2. The average Bonchev–Trinajstić information content (AvgIpc) is 3.35. The number of ether oxygens (including phenoxy) is 2. The Morgan fingerprint density at radius 2 is 1.46 bits per heavy atom. The largest absolute Gasteiger partial charge is 0.464 e. The summed E-state index contributed by atoms with van der Waals surface area (Å²) in [7, 11) is 2.44. The van der Waals surface area contributed by atoms with Crippen LogP contribution in [-0.4, -0.2) is 65.3 Å². The van der Waals surface area contributed by atoms with E-state index < -0.39 is 11.9 Å². The molecule has 0 aromatic carbocycles. The number of methoxy groups -OCH3 is 2. The number of hydrogen-bond donors (Lipinski definition) is 0. The van der Waals surface area contributed by atoms with Crippen molar-refractivity contribution in [1.82, 2.24) is 39.2 Å². The Morgan fingerprint density at radius 1 is 0.857 bits per heavy atom. The maximum absolute atomic E-state index is 11.5. The molecular formula is C16H16N8O4. The Bertz CT molecular complexity index is 1170. The Labute approximate surface area is 158 Å². The molecule has 0 saturated carbocycles. The van der Waals surface area contributed by atoms with Gasteiger partial charge >= 0.3 is 11.9 Å². The fourth-order valence-corrected chi connectivity index (χ4v) is 2.39. The van der Waals surface area contributed by atoms with Crippen LogP contribution in [0.15, 0.2) is 24.8 Å². The summed E-state index contributed by atoms with van der Waals surface area (Å²) in [6, 6.07) is 3.21. The molecule has 0 aliphatic rings. The molecule has 0 spiro atoms. The molecule has 144 valence electrons. The molecule has 0 aliphatic carbocycles. The Balaban J connectivity index is 0.000000176. The predicted molar refractivity (Wildman–Crippen MR) is 93.7 cm³/mol. The van der Waals surface area contributed by atoms with Crippen LogP contribution < -0.4 is 0 Å². The minimum Gasteiger partial charge on any atom is -0.464 e. The maximum atomic E-state index is 11.5. The fourth-order valence-electron chi connectivity index (χ4n) is 2.39. The van der Waals surface area contributed by atoms with Gasteiger partial charge in [-0.1, -0.05) is 0 Å². The Kier molecular flexibility index (Phi) is 5.20. The Morgan fingerprint density at radius 3 is 2.11 bits per heavy atom. The molecule has 12 nitrogen and oxygen atoms in total. The summed E-state index contributed by atoms with van der Waals surface area (Å²) in [6.45, 7) is 3.93. The molecule has 0 atom stereocenters. The second kappa shape index (κ2) is 7.73. The van der Waals surface area contributed by atoms with E-state index in [4.69, 9.17) is 0 Å². The standard InChI is InChI=1S/C9H8N4O4.C7H8N4/c1-16-7(14)5-3-6(8(15)17-2)13-9(12-5)10-4-11-13;1-5-3-6(2)11-7(10-5)8-4-9-11/h3-4H,1-2H3;3-4H,1-2H3. The molecule has 4 aromatic heterocycles. The first-order valence-corrected chi connectivity index (χ1v) is 7.96. The molecule has 0 bridgehead atoms. The highest BCUT2D eigenvalue weighted by Crippen LogP contribution is 2.08. The van der Waals surface area contributed by atoms with Gasteiger partial charge in [-0.3, -0.25) is 0 Å². The third-order valence-corrected chi connectivity index (χ3v) is 3.60. The lowest BCUT2D eigenvalue weighted by atomic mass is 10.3. The highest BCUT2D eigenvalue weighted by Gasteiger charge is 2.18. The Hall–Kier alpha value is -3.96. The van der Waals surface area contributed by atoms with Crippen molar-refractivity contribution < 1.29 is 19.1 Å². The van der Waals surface area contributed by atoms with Crippen molar-refractivity contribution in [1.29, 1.82) is 0 Å². The number of rotatable bonds is 2. The van der Waals surface area contributed by atoms with Gasteiger partial charge in [0.25, 0.3) is 11.6 Å². The minimum absolute atomic E-state index is 0.0339.